The van der Waals surface area contributed by atoms with Crippen LogP contribution in [-0.2, 0) is 10.0 Å². The molecule has 2 aromatic rings. The van der Waals surface area contributed by atoms with Crippen molar-refractivity contribution >= 4 is 16.2 Å². The number of hydrogen-bond acceptors (Lipinski definition) is 4. The van der Waals surface area contributed by atoms with Gasteiger partial charge in [-0.15, -0.1) is 0 Å². The molecular formula is C17H20N2O3S. The van der Waals surface area contributed by atoms with Crippen LogP contribution in [-0.4, -0.2) is 21.2 Å². The highest BCUT2D eigenvalue weighted by Gasteiger charge is 2.15. The van der Waals surface area contributed by atoms with Gasteiger partial charge in [-0.05, 0) is 62.2 Å². The maximum absolute atomic E-state index is 12.2. The van der Waals surface area contributed by atoms with Crippen LogP contribution in [0, 0.1) is 13.8 Å². The van der Waals surface area contributed by atoms with Crippen molar-refractivity contribution in [2.45, 2.75) is 25.7 Å². The largest absolute Gasteiger partial charge is 0.494 e. The smallest absolute Gasteiger partial charge is 0.276 e. The minimum absolute atomic E-state index is 0.229. The molecule has 23 heavy (non-hydrogen) atoms. The van der Waals surface area contributed by atoms with Gasteiger partial charge in [0.15, 0.2) is 0 Å². The van der Waals surface area contributed by atoms with Crippen LogP contribution >= 0.6 is 0 Å². The quantitative estimate of drug-likeness (QED) is 0.653. The number of aryl methyl sites for hydroxylation is 2. The number of nitrogens with zero attached hydrogens (tertiary/aromatic N) is 1. The van der Waals surface area contributed by atoms with E-state index < -0.39 is 10.0 Å². The Balaban J connectivity index is 2.09. The van der Waals surface area contributed by atoms with Crippen molar-refractivity contribution in [3.63, 3.8) is 0 Å². The van der Waals surface area contributed by atoms with E-state index in [1.165, 1.54) is 6.21 Å². The summed E-state index contributed by atoms with van der Waals surface area (Å²) in [5.41, 5.74) is 2.48. The van der Waals surface area contributed by atoms with Crippen LogP contribution < -0.4 is 9.57 Å². The molecule has 0 spiro atoms. The lowest BCUT2D eigenvalue weighted by Crippen LogP contribution is -2.19. The summed E-state index contributed by atoms with van der Waals surface area (Å²) in [7, 11) is -3.67. The second-order valence-corrected chi connectivity index (χ2v) is 6.75. The normalized spacial score (nSPS) is 11.6. The van der Waals surface area contributed by atoms with Crippen LogP contribution in [0.2, 0.25) is 0 Å². The Morgan fingerprint density at radius 2 is 1.83 bits per heavy atom. The zero-order valence-electron chi connectivity index (χ0n) is 13.4. The third-order valence-corrected chi connectivity index (χ3v) is 4.58. The molecule has 122 valence electrons. The number of nitrogens with one attached hydrogen (secondary N) is 1. The molecule has 0 radical (unpaired) electrons. The van der Waals surface area contributed by atoms with Gasteiger partial charge in [0.1, 0.15) is 5.75 Å². The predicted octanol–water partition coefficient (Wildman–Crippen LogP) is 3.01. The molecule has 0 aliphatic carbocycles. The molecule has 0 atom stereocenters. The zero-order valence-corrected chi connectivity index (χ0v) is 14.2. The van der Waals surface area contributed by atoms with Crippen molar-refractivity contribution in [3.8, 4) is 5.75 Å². The number of hydrogen-bond donors (Lipinski definition) is 1. The molecule has 2 aromatic carbocycles. The molecule has 0 bridgehead atoms. The van der Waals surface area contributed by atoms with Gasteiger partial charge in [-0.3, -0.25) is 0 Å². The fourth-order valence-electron chi connectivity index (χ4n) is 2.14. The number of rotatable bonds is 6. The number of sulfonamides is 1. The van der Waals surface area contributed by atoms with E-state index in [2.05, 4.69) is 9.93 Å². The van der Waals surface area contributed by atoms with Gasteiger partial charge in [0.05, 0.1) is 17.7 Å². The molecule has 0 saturated carbocycles. The number of ether oxygens (including phenoxy) is 1. The summed E-state index contributed by atoms with van der Waals surface area (Å²) in [5.74, 6) is 0.764. The van der Waals surface area contributed by atoms with Crippen molar-refractivity contribution in [1.82, 2.24) is 4.83 Å². The molecule has 0 aliphatic rings. The molecule has 6 heteroatoms. The molecule has 0 heterocycles. The Morgan fingerprint density at radius 3 is 2.43 bits per heavy atom. The summed E-state index contributed by atoms with van der Waals surface area (Å²) in [6.07, 6.45) is 1.46. The van der Waals surface area contributed by atoms with Crippen LogP contribution in [0.15, 0.2) is 52.5 Å². The highest BCUT2D eigenvalue weighted by atomic mass is 32.2. The van der Waals surface area contributed by atoms with E-state index in [-0.39, 0.29) is 4.90 Å². The van der Waals surface area contributed by atoms with Crippen LogP contribution in [0.4, 0.5) is 0 Å². The van der Waals surface area contributed by atoms with Crippen LogP contribution in [0.25, 0.3) is 0 Å². The minimum Gasteiger partial charge on any atom is -0.494 e. The van der Waals surface area contributed by atoms with E-state index in [0.717, 1.165) is 16.9 Å². The molecule has 0 aliphatic heterocycles. The first-order chi connectivity index (χ1) is 10.9. The second kappa shape index (κ2) is 7.28. The molecular weight excluding hydrogens is 312 g/mol. The van der Waals surface area contributed by atoms with Crippen molar-refractivity contribution in [2.24, 2.45) is 5.10 Å². The van der Waals surface area contributed by atoms with Gasteiger partial charge in [-0.1, -0.05) is 17.7 Å². The molecule has 0 aromatic heterocycles. The fraction of sp³-hybridized carbons (Fsp3) is 0.235. The highest BCUT2D eigenvalue weighted by Crippen LogP contribution is 2.16. The van der Waals surface area contributed by atoms with Gasteiger partial charge in [-0.25, -0.2) is 4.83 Å². The molecule has 0 fully saturated rings. The fourth-order valence-corrected chi connectivity index (χ4v) is 3.16. The summed E-state index contributed by atoms with van der Waals surface area (Å²) in [5, 5.41) is 3.83. The standard InChI is InChI=1S/C17H20N2O3S/c1-4-22-16-8-6-15(7-9-16)12-18-19-23(20,21)17-10-5-13(2)11-14(17)3/h5-12,19H,4H2,1-3H3/b18-12+. The van der Waals surface area contributed by atoms with Crippen molar-refractivity contribution in [3.05, 3.63) is 59.2 Å². The summed E-state index contributed by atoms with van der Waals surface area (Å²) in [6.45, 7) is 6.19. The number of hydrazone groups is 1. The first kappa shape index (κ1) is 17.0. The minimum atomic E-state index is -3.67. The van der Waals surface area contributed by atoms with Gasteiger partial charge >= 0.3 is 0 Å². The Labute approximate surface area is 137 Å². The average Bonchev–Trinajstić information content (AvgIpc) is 2.49. The first-order valence-electron chi connectivity index (χ1n) is 7.27. The van der Waals surface area contributed by atoms with E-state index in [0.29, 0.717) is 12.2 Å². The molecule has 0 unspecified atom stereocenters. The van der Waals surface area contributed by atoms with Gasteiger partial charge in [0.2, 0.25) is 0 Å². The number of benzene rings is 2. The topological polar surface area (TPSA) is 67.8 Å². The van der Waals surface area contributed by atoms with Crippen molar-refractivity contribution in [2.75, 3.05) is 6.61 Å². The van der Waals surface area contributed by atoms with Crippen LogP contribution in [0.3, 0.4) is 0 Å². The van der Waals surface area contributed by atoms with Crippen LogP contribution in [0.1, 0.15) is 23.6 Å². The Bertz CT molecular complexity index is 797. The lowest BCUT2D eigenvalue weighted by molar-refractivity contribution is 0.340. The average molecular weight is 332 g/mol. The van der Waals surface area contributed by atoms with Gasteiger partial charge in [-0.2, -0.15) is 13.5 Å². The van der Waals surface area contributed by atoms with E-state index >= 15 is 0 Å². The van der Waals surface area contributed by atoms with Gasteiger partial charge < -0.3 is 4.74 Å². The predicted molar refractivity (Wildman–Crippen MR) is 91.4 cm³/mol. The Kier molecular flexibility index (Phi) is 5.39. The maximum atomic E-state index is 12.2. The van der Waals surface area contributed by atoms with Gasteiger partial charge in [0, 0.05) is 0 Å². The third-order valence-electron chi connectivity index (χ3n) is 3.20. The summed E-state index contributed by atoms with van der Waals surface area (Å²) in [6, 6.07) is 12.4. The summed E-state index contributed by atoms with van der Waals surface area (Å²) < 4.78 is 29.8. The second-order valence-electron chi connectivity index (χ2n) is 5.12. The summed E-state index contributed by atoms with van der Waals surface area (Å²) in [4.78, 5) is 2.46. The SMILES string of the molecule is CCOc1ccc(/C=N/NS(=O)(=O)c2ccc(C)cc2C)cc1. The zero-order chi connectivity index (χ0) is 16.9. The third kappa shape index (κ3) is 4.56. The van der Waals surface area contributed by atoms with Crippen molar-refractivity contribution in [1.29, 1.82) is 0 Å². The summed E-state index contributed by atoms with van der Waals surface area (Å²) >= 11 is 0. The van der Waals surface area contributed by atoms with E-state index in [1.807, 2.05) is 32.0 Å². The Hall–Kier alpha value is -2.34. The van der Waals surface area contributed by atoms with Gasteiger partial charge in [0.25, 0.3) is 10.0 Å². The lowest BCUT2D eigenvalue weighted by Gasteiger charge is -2.07. The molecule has 5 nitrogen and oxygen atoms in total. The maximum Gasteiger partial charge on any atom is 0.276 e. The van der Waals surface area contributed by atoms with E-state index in [9.17, 15) is 8.42 Å². The lowest BCUT2D eigenvalue weighted by atomic mass is 10.2. The highest BCUT2D eigenvalue weighted by molar-refractivity contribution is 7.89. The van der Waals surface area contributed by atoms with E-state index in [4.69, 9.17) is 4.74 Å². The molecule has 0 amide bonds. The van der Waals surface area contributed by atoms with Crippen LogP contribution in [0.5, 0.6) is 5.75 Å². The van der Waals surface area contributed by atoms with E-state index in [1.54, 1.807) is 31.2 Å². The monoisotopic (exact) mass is 332 g/mol. The first-order valence-corrected chi connectivity index (χ1v) is 8.75. The molecule has 2 rings (SSSR count). The molecule has 1 N–H and O–H groups in total. The molecule has 0 saturated heterocycles. The van der Waals surface area contributed by atoms with Crippen molar-refractivity contribution < 1.29 is 13.2 Å². The Morgan fingerprint density at radius 1 is 1.13 bits per heavy atom.